The van der Waals surface area contributed by atoms with Crippen LogP contribution in [0.3, 0.4) is 0 Å². The lowest BCUT2D eigenvalue weighted by Gasteiger charge is -2.20. The molecule has 0 amide bonds. The molecule has 0 heterocycles. The summed E-state index contributed by atoms with van der Waals surface area (Å²) in [4.78, 5) is 22.5. The lowest BCUT2D eigenvalue weighted by Crippen LogP contribution is -2.29. The average Bonchev–Trinajstić information content (AvgIpc) is 3.12. The fraction of sp³-hybridized carbons (Fsp3) is 0.976. The molecule has 0 aromatic carbocycles. The highest BCUT2D eigenvalue weighted by Gasteiger charge is 2.26. The van der Waals surface area contributed by atoms with Gasteiger partial charge in [-0.1, -0.05) is 194 Å². The standard InChI is InChI=1S/C41H83O9P/c1-3-5-7-9-11-13-15-17-18-19-20-22-24-26-28-30-32-34-47-37-40(38-49-51(45,46)48-36-39(43)35-42)50-41(44)33-31-29-27-25-23-21-16-14-12-10-8-6-4-2/h39-40,42-43H,3-38H2,1-2H3,(H,45,46). The zero-order chi connectivity index (χ0) is 37.5. The molecule has 0 radical (unpaired) electrons. The van der Waals surface area contributed by atoms with E-state index in [1.165, 1.54) is 161 Å². The third kappa shape index (κ3) is 39.0. The lowest BCUT2D eigenvalue weighted by molar-refractivity contribution is -0.154. The Hall–Kier alpha value is -0.540. The van der Waals surface area contributed by atoms with Gasteiger partial charge in [-0.2, -0.15) is 0 Å². The summed E-state index contributed by atoms with van der Waals surface area (Å²) >= 11 is 0. The van der Waals surface area contributed by atoms with Crippen molar-refractivity contribution in [2.75, 3.05) is 33.0 Å². The maximum atomic E-state index is 12.6. The number of hydrogen-bond donors (Lipinski definition) is 3. The molecule has 0 saturated heterocycles. The molecule has 0 aliphatic carbocycles. The average molecular weight is 751 g/mol. The normalized spacial score (nSPS) is 14.1. The van der Waals surface area contributed by atoms with E-state index in [1.807, 2.05) is 0 Å². The van der Waals surface area contributed by atoms with Crippen LogP contribution in [-0.2, 0) is 27.9 Å². The van der Waals surface area contributed by atoms with E-state index in [9.17, 15) is 19.4 Å². The second-order valence-corrected chi connectivity index (χ2v) is 16.2. The third-order valence-corrected chi connectivity index (χ3v) is 10.5. The molecule has 0 spiro atoms. The Bertz CT molecular complexity index is 769. The van der Waals surface area contributed by atoms with Crippen LogP contribution in [0.5, 0.6) is 0 Å². The Morgan fingerprint density at radius 1 is 0.529 bits per heavy atom. The Labute approximate surface area is 314 Å². The van der Waals surface area contributed by atoms with E-state index >= 15 is 0 Å². The summed E-state index contributed by atoms with van der Waals surface area (Å²) in [5.41, 5.74) is 0. The number of unbranched alkanes of at least 4 members (excludes halogenated alkanes) is 28. The number of hydrogen-bond acceptors (Lipinski definition) is 8. The smallest absolute Gasteiger partial charge is 0.457 e. The van der Waals surface area contributed by atoms with E-state index in [-0.39, 0.29) is 25.6 Å². The largest absolute Gasteiger partial charge is 0.472 e. The Balaban J connectivity index is 4.11. The zero-order valence-corrected chi connectivity index (χ0v) is 34.2. The SMILES string of the molecule is CCCCCCCCCCCCCCCCCCCOCC(COP(=O)(O)OCC(O)CO)OC(=O)CCCCCCCCCCCCCCC. The molecule has 0 aliphatic rings. The summed E-state index contributed by atoms with van der Waals surface area (Å²) in [5, 5.41) is 18.3. The van der Waals surface area contributed by atoms with Gasteiger partial charge in [0.15, 0.2) is 0 Å². The van der Waals surface area contributed by atoms with Crippen molar-refractivity contribution in [2.24, 2.45) is 0 Å². The van der Waals surface area contributed by atoms with Crippen LogP contribution in [0.1, 0.15) is 213 Å². The van der Waals surface area contributed by atoms with Crippen LogP contribution in [0.15, 0.2) is 0 Å². The van der Waals surface area contributed by atoms with E-state index in [0.29, 0.717) is 6.61 Å². The second-order valence-electron chi connectivity index (χ2n) is 14.7. The minimum atomic E-state index is -4.51. The van der Waals surface area contributed by atoms with Gasteiger partial charge in [0, 0.05) is 13.0 Å². The molecule has 0 aromatic rings. The molecule has 0 saturated carbocycles. The van der Waals surface area contributed by atoms with E-state index in [1.54, 1.807) is 0 Å². The van der Waals surface area contributed by atoms with Gasteiger partial charge in [-0.05, 0) is 12.8 Å². The molecule has 0 aliphatic heterocycles. The van der Waals surface area contributed by atoms with Gasteiger partial charge in [-0.3, -0.25) is 13.8 Å². The highest BCUT2D eigenvalue weighted by Crippen LogP contribution is 2.43. The minimum absolute atomic E-state index is 0.0580. The van der Waals surface area contributed by atoms with Gasteiger partial charge in [0.2, 0.25) is 0 Å². The molecule has 3 atom stereocenters. The van der Waals surface area contributed by atoms with E-state index in [0.717, 1.165) is 32.1 Å². The summed E-state index contributed by atoms with van der Waals surface area (Å²) < 4.78 is 33.3. The van der Waals surface area contributed by atoms with Crippen LogP contribution in [0.25, 0.3) is 0 Å². The molecule has 3 N–H and O–H groups in total. The number of ether oxygens (including phenoxy) is 2. The van der Waals surface area contributed by atoms with E-state index in [2.05, 4.69) is 13.8 Å². The predicted octanol–water partition coefficient (Wildman–Crippen LogP) is 11.5. The number of esters is 1. The maximum absolute atomic E-state index is 12.6. The molecular formula is C41H83O9P. The first kappa shape index (κ1) is 50.5. The number of carbonyl (C=O) groups excluding carboxylic acids is 1. The number of aliphatic hydroxyl groups is 2. The first-order chi connectivity index (χ1) is 24.8. The molecule has 10 heteroatoms. The number of carbonyl (C=O) groups is 1. The van der Waals surface area contributed by atoms with Gasteiger partial charge < -0.3 is 24.6 Å². The van der Waals surface area contributed by atoms with Crippen molar-refractivity contribution in [3.8, 4) is 0 Å². The van der Waals surface area contributed by atoms with Crippen LogP contribution in [0.4, 0.5) is 0 Å². The summed E-state index contributed by atoms with van der Waals surface area (Å²) in [6.07, 6.45) is 36.3. The van der Waals surface area contributed by atoms with Gasteiger partial charge in [0.25, 0.3) is 0 Å². The van der Waals surface area contributed by atoms with Crippen molar-refractivity contribution in [1.82, 2.24) is 0 Å². The third-order valence-electron chi connectivity index (χ3n) is 9.54. The van der Waals surface area contributed by atoms with Crippen molar-refractivity contribution in [2.45, 2.75) is 225 Å². The lowest BCUT2D eigenvalue weighted by atomic mass is 10.0. The first-order valence-electron chi connectivity index (χ1n) is 21.5. The van der Waals surface area contributed by atoms with Crippen molar-refractivity contribution >= 4 is 13.8 Å². The van der Waals surface area contributed by atoms with Crippen LogP contribution in [0, 0.1) is 0 Å². The summed E-state index contributed by atoms with van der Waals surface area (Å²) in [7, 11) is -4.51. The van der Waals surface area contributed by atoms with Crippen LogP contribution < -0.4 is 0 Å². The van der Waals surface area contributed by atoms with Crippen molar-refractivity contribution in [1.29, 1.82) is 0 Å². The zero-order valence-electron chi connectivity index (χ0n) is 33.3. The predicted molar refractivity (Wildman–Crippen MR) is 210 cm³/mol. The van der Waals surface area contributed by atoms with Gasteiger partial charge in [0.1, 0.15) is 12.2 Å². The summed E-state index contributed by atoms with van der Waals surface area (Å²) in [6.45, 7) is 3.57. The van der Waals surface area contributed by atoms with Crippen LogP contribution >= 0.6 is 7.82 Å². The molecular weight excluding hydrogens is 667 g/mol. The Kier molecular flexibility index (Phi) is 38.7. The van der Waals surface area contributed by atoms with Crippen LogP contribution in [0.2, 0.25) is 0 Å². The number of phosphoric ester groups is 1. The molecule has 0 fully saturated rings. The monoisotopic (exact) mass is 751 g/mol. The van der Waals surface area contributed by atoms with Crippen LogP contribution in [-0.4, -0.2) is 66.3 Å². The summed E-state index contributed by atoms with van der Waals surface area (Å²) in [6, 6.07) is 0. The van der Waals surface area contributed by atoms with Crippen molar-refractivity contribution in [3.63, 3.8) is 0 Å². The molecule has 0 aromatic heterocycles. The van der Waals surface area contributed by atoms with Crippen molar-refractivity contribution in [3.05, 3.63) is 0 Å². The quantitative estimate of drug-likeness (QED) is 0.0317. The van der Waals surface area contributed by atoms with E-state index in [4.69, 9.17) is 23.6 Å². The minimum Gasteiger partial charge on any atom is -0.457 e. The fourth-order valence-corrected chi connectivity index (χ4v) is 7.03. The molecule has 3 unspecified atom stereocenters. The second kappa shape index (κ2) is 39.2. The molecule has 0 rings (SSSR count). The van der Waals surface area contributed by atoms with Crippen molar-refractivity contribution < 1.29 is 43.0 Å². The first-order valence-corrected chi connectivity index (χ1v) is 23.0. The summed E-state index contributed by atoms with van der Waals surface area (Å²) in [5.74, 6) is -0.377. The highest BCUT2D eigenvalue weighted by atomic mass is 31.2. The van der Waals surface area contributed by atoms with Gasteiger partial charge in [-0.25, -0.2) is 4.57 Å². The number of phosphoric acid groups is 1. The Morgan fingerprint density at radius 3 is 1.27 bits per heavy atom. The van der Waals surface area contributed by atoms with E-state index < -0.39 is 33.2 Å². The van der Waals surface area contributed by atoms with Gasteiger partial charge in [0.05, 0.1) is 26.4 Å². The molecule has 9 nitrogen and oxygen atoms in total. The van der Waals surface area contributed by atoms with Gasteiger partial charge in [-0.15, -0.1) is 0 Å². The highest BCUT2D eigenvalue weighted by molar-refractivity contribution is 7.47. The van der Waals surface area contributed by atoms with Gasteiger partial charge >= 0.3 is 13.8 Å². The molecule has 0 bridgehead atoms. The molecule has 306 valence electrons. The maximum Gasteiger partial charge on any atom is 0.472 e. The Morgan fingerprint density at radius 2 is 0.882 bits per heavy atom. The topological polar surface area (TPSA) is 132 Å². The number of aliphatic hydroxyl groups excluding tert-OH is 2. The molecule has 51 heavy (non-hydrogen) atoms. The number of rotatable bonds is 42. The fourth-order valence-electron chi connectivity index (χ4n) is 6.24.